The number of ether oxygens (including phenoxy) is 2. The van der Waals surface area contributed by atoms with Gasteiger partial charge in [0.15, 0.2) is 5.69 Å². The zero-order chi connectivity index (χ0) is 18.6. The van der Waals surface area contributed by atoms with E-state index < -0.39 is 0 Å². The van der Waals surface area contributed by atoms with Crippen molar-refractivity contribution >= 4 is 5.91 Å². The number of para-hydroxylation sites is 1. The number of carbonyl (C=O) groups is 1. The van der Waals surface area contributed by atoms with Crippen molar-refractivity contribution in [2.24, 2.45) is 0 Å². The standard InChI is InChI=1S/C20H26N4O3/c1-26-18-7-3-2-5-14(18)12-24(13-15-6-4-10-27-15)20(25)19-16-11-21-9-8-17(16)22-23-19/h2-3,5,7,15,21H,4,6,8-13H2,1H3,(H,22,23). The number of aromatic nitrogens is 2. The predicted octanol–water partition coefficient (Wildman–Crippen LogP) is 1.89. The number of benzene rings is 1. The Bertz CT molecular complexity index is 798. The molecule has 3 heterocycles. The van der Waals surface area contributed by atoms with Gasteiger partial charge in [0.25, 0.3) is 5.91 Å². The predicted molar refractivity (Wildman–Crippen MR) is 101 cm³/mol. The average Bonchev–Trinajstić information content (AvgIpc) is 3.37. The molecular formula is C20H26N4O3. The topological polar surface area (TPSA) is 79.5 Å². The van der Waals surface area contributed by atoms with Gasteiger partial charge in [-0.05, 0) is 18.9 Å². The third-order valence-electron chi connectivity index (χ3n) is 5.30. The molecule has 1 saturated heterocycles. The maximum atomic E-state index is 13.4. The van der Waals surface area contributed by atoms with Crippen LogP contribution in [0.15, 0.2) is 24.3 Å². The summed E-state index contributed by atoms with van der Waals surface area (Å²) in [4.78, 5) is 15.2. The van der Waals surface area contributed by atoms with E-state index >= 15 is 0 Å². The molecular weight excluding hydrogens is 344 g/mol. The second kappa shape index (κ2) is 8.10. The van der Waals surface area contributed by atoms with E-state index in [1.54, 1.807) is 7.11 Å². The molecule has 0 saturated carbocycles. The van der Waals surface area contributed by atoms with E-state index in [9.17, 15) is 4.79 Å². The molecule has 2 aromatic rings. The summed E-state index contributed by atoms with van der Waals surface area (Å²) in [6.45, 7) is 3.38. The molecule has 7 nitrogen and oxygen atoms in total. The minimum absolute atomic E-state index is 0.0578. The molecule has 1 unspecified atom stereocenters. The summed E-state index contributed by atoms with van der Waals surface area (Å²) in [5.74, 6) is 0.728. The molecule has 2 N–H and O–H groups in total. The van der Waals surface area contributed by atoms with Crippen molar-refractivity contribution in [1.29, 1.82) is 0 Å². The Labute approximate surface area is 159 Å². The van der Waals surface area contributed by atoms with E-state index in [0.717, 1.165) is 55.0 Å². The number of aromatic amines is 1. The Morgan fingerprint density at radius 1 is 1.41 bits per heavy atom. The van der Waals surface area contributed by atoms with Crippen LogP contribution in [0.25, 0.3) is 0 Å². The van der Waals surface area contributed by atoms with E-state index in [1.165, 1.54) is 0 Å². The molecule has 2 aliphatic rings. The van der Waals surface area contributed by atoms with Crippen LogP contribution in [0.2, 0.25) is 0 Å². The molecule has 1 atom stereocenters. The van der Waals surface area contributed by atoms with Gasteiger partial charge in [0.2, 0.25) is 0 Å². The number of amides is 1. The number of hydrogen-bond acceptors (Lipinski definition) is 5. The molecule has 1 aromatic heterocycles. The molecule has 7 heteroatoms. The number of nitrogens with one attached hydrogen (secondary N) is 2. The van der Waals surface area contributed by atoms with Crippen molar-refractivity contribution in [2.45, 2.75) is 38.5 Å². The number of methoxy groups -OCH3 is 1. The monoisotopic (exact) mass is 370 g/mol. The molecule has 1 aromatic carbocycles. The van der Waals surface area contributed by atoms with Gasteiger partial charge in [-0.2, -0.15) is 5.10 Å². The van der Waals surface area contributed by atoms with Gasteiger partial charge in [-0.15, -0.1) is 0 Å². The summed E-state index contributed by atoms with van der Waals surface area (Å²) in [6, 6.07) is 7.82. The number of H-pyrrole nitrogens is 1. The van der Waals surface area contributed by atoms with Gasteiger partial charge < -0.3 is 19.7 Å². The summed E-state index contributed by atoms with van der Waals surface area (Å²) in [5, 5.41) is 10.7. The van der Waals surface area contributed by atoms with E-state index in [1.807, 2.05) is 29.2 Å². The van der Waals surface area contributed by atoms with Crippen LogP contribution >= 0.6 is 0 Å². The highest BCUT2D eigenvalue weighted by molar-refractivity contribution is 5.94. The van der Waals surface area contributed by atoms with Crippen LogP contribution in [-0.4, -0.2) is 53.9 Å². The molecule has 4 rings (SSSR count). The van der Waals surface area contributed by atoms with Gasteiger partial charge in [0.05, 0.1) is 13.2 Å². The first-order valence-electron chi connectivity index (χ1n) is 9.56. The van der Waals surface area contributed by atoms with Gasteiger partial charge in [0.1, 0.15) is 5.75 Å². The van der Waals surface area contributed by atoms with E-state index in [-0.39, 0.29) is 12.0 Å². The smallest absolute Gasteiger partial charge is 0.275 e. The van der Waals surface area contributed by atoms with Crippen molar-refractivity contribution in [3.8, 4) is 5.75 Å². The van der Waals surface area contributed by atoms with Crippen LogP contribution in [-0.2, 0) is 24.2 Å². The van der Waals surface area contributed by atoms with Crippen LogP contribution < -0.4 is 10.1 Å². The fraction of sp³-hybridized carbons (Fsp3) is 0.500. The molecule has 2 aliphatic heterocycles. The highest BCUT2D eigenvalue weighted by Gasteiger charge is 2.29. The van der Waals surface area contributed by atoms with Gasteiger partial charge in [-0.1, -0.05) is 18.2 Å². The van der Waals surface area contributed by atoms with Crippen molar-refractivity contribution in [1.82, 2.24) is 20.4 Å². The van der Waals surface area contributed by atoms with Crippen molar-refractivity contribution in [3.05, 3.63) is 46.8 Å². The second-order valence-electron chi connectivity index (χ2n) is 7.09. The molecule has 144 valence electrons. The molecule has 0 aliphatic carbocycles. The lowest BCUT2D eigenvalue weighted by molar-refractivity contribution is 0.0500. The lowest BCUT2D eigenvalue weighted by Gasteiger charge is -2.26. The van der Waals surface area contributed by atoms with Crippen LogP contribution in [0.1, 0.15) is 40.2 Å². The van der Waals surface area contributed by atoms with Crippen LogP contribution in [0.4, 0.5) is 0 Å². The quantitative estimate of drug-likeness (QED) is 0.812. The summed E-state index contributed by atoms with van der Waals surface area (Å²) >= 11 is 0. The lowest BCUT2D eigenvalue weighted by atomic mass is 10.1. The molecule has 1 fully saturated rings. The average molecular weight is 370 g/mol. The van der Waals surface area contributed by atoms with Gasteiger partial charge >= 0.3 is 0 Å². The first kappa shape index (κ1) is 18.0. The normalized spacial score (nSPS) is 18.9. The maximum absolute atomic E-state index is 13.4. The molecule has 0 bridgehead atoms. The Hall–Kier alpha value is -2.38. The molecule has 1 amide bonds. The van der Waals surface area contributed by atoms with E-state index in [2.05, 4.69) is 15.5 Å². The highest BCUT2D eigenvalue weighted by atomic mass is 16.5. The Kier molecular flexibility index (Phi) is 5.40. The summed E-state index contributed by atoms with van der Waals surface area (Å²) in [5.41, 5.74) is 3.55. The summed E-state index contributed by atoms with van der Waals surface area (Å²) in [6.07, 6.45) is 2.98. The third kappa shape index (κ3) is 3.84. The van der Waals surface area contributed by atoms with Crippen molar-refractivity contribution in [3.63, 3.8) is 0 Å². The van der Waals surface area contributed by atoms with E-state index in [4.69, 9.17) is 9.47 Å². The fourth-order valence-corrected chi connectivity index (χ4v) is 3.84. The SMILES string of the molecule is COc1ccccc1CN(CC1CCCO1)C(=O)c1n[nH]c2c1CNCC2. The van der Waals surface area contributed by atoms with Crippen LogP contribution in [0, 0.1) is 0 Å². The van der Waals surface area contributed by atoms with E-state index in [0.29, 0.717) is 25.3 Å². The summed E-state index contributed by atoms with van der Waals surface area (Å²) < 4.78 is 11.3. The number of fused-ring (bicyclic) bond motifs is 1. The van der Waals surface area contributed by atoms with Crippen molar-refractivity contribution < 1.29 is 14.3 Å². The number of hydrogen-bond donors (Lipinski definition) is 2. The lowest BCUT2D eigenvalue weighted by Crippen LogP contribution is -2.38. The Balaban J connectivity index is 1.60. The third-order valence-corrected chi connectivity index (χ3v) is 5.30. The minimum atomic E-state index is -0.0578. The largest absolute Gasteiger partial charge is 0.496 e. The first-order valence-corrected chi connectivity index (χ1v) is 9.56. The zero-order valence-electron chi connectivity index (χ0n) is 15.7. The number of carbonyl (C=O) groups excluding carboxylic acids is 1. The van der Waals surface area contributed by atoms with Gasteiger partial charge in [0, 0.05) is 56.0 Å². The molecule has 27 heavy (non-hydrogen) atoms. The fourth-order valence-electron chi connectivity index (χ4n) is 3.84. The highest BCUT2D eigenvalue weighted by Crippen LogP contribution is 2.24. The minimum Gasteiger partial charge on any atom is -0.496 e. The maximum Gasteiger partial charge on any atom is 0.275 e. The Morgan fingerprint density at radius 3 is 3.11 bits per heavy atom. The molecule has 0 radical (unpaired) electrons. The number of nitrogens with zero attached hydrogens (tertiary/aromatic N) is 2. The molecule has 0 spiro atoms. The van der Waals surface area contributed by atoms with Crippen molar-refractivity contribution in [2.75, 3.05) is 26.8 Å². The first-order chi connectivity index (χ1) is 13.3. The van der Waals surface area contributed by atoms with Gasteiger partial charge in [-0.3, -0.25) is 9.89 Å². The zero-order valence-corrected chi connectivity index (χ0v) is 15.7. The number of rotatable bonds is 6. The van der Waals surface area contributed by atoms with Crippen LogP contribution in [0.5, 0.6) is 5.75 Å². The second-order valence-corrected chi connectivity index (χ2v) is 7.09. The van der Waals surface area contributed by atoms with Crippen LogP contribution in [0.3, 0.4) is 0 Å². The van der Waals surface area contributed by atoms with Gasteiger partial charge in [-0.25, -0.2) is 0 Å². The summed E-state index contributed by atoms with van der Waals surface area (Å²) in [7, 11) is 1.65. The Morgan fingerprint density at radius 2 is 2.30 bits per heavy atom.